The van der Waals surface area contributed by atoms with Crippen molar-refractivity contribution in [1.82, 2.24) is 0 Å². The minimum Gasteiger partial charge on any atom is -0.488 e. The molecule has 2 aromatic rings. The van der Waals surface area contributed by atoms with Crippen LogP contribution in [0, 0.1) is 13.8 Å². The highest BCUT2D eigenvalue weighted by molar-refractivity contribution is 9.10. The molecule has 19 heavy (non-hydrogen) atoms. The van der Waals surface area contributed by atoms with Gasteiger partial charge in [0.15, 0.2) is 0 Å². The van der Waals surface area contributed by atoms with E-state index in [9.17, 15) is 0 Å². The standard InChI is InChI=1S/C16H18BrNO/c1-11-5-3-4-6-13(11)10-19-16-12(2)7-15(17)8-14(16)9-18/h3-8H,9-10,18H2,1-2H3. The van der Waals surface area contributed by atoms with Crippen molar-refractivity contribution in [2.24, 2.45) is 5.73 Å². The van der Waals surface area contributed by atoms with Crippen molar-refractivity contribution in [3.05, 3.63) is 63.1 Å². The summed E-state index contributed by atoms with van der Waals surface area (Å²) in [5.41, 5.74) is 10.4. The molecule has 0 fully saturated rings. The molecule has 0 saturated heterocycles. The summed E-state index contributed by atoms with van der Waals surface area (Å²) in [6.45, 7) is 5.18. The summed E-state index contributed by atoms with van der Waals surface area (Å²) in [6, 6.07) is 12.3. The summed E-state index contributed by atoms with van der Waals surface area (Å²) in [6.07, 6.45) is 0. The first-order valence-electron chi connectivity index (χ1n) is 6.28. The molecule has 2 aromatic carbocycles. The van der Waals surface area contributed by atoms with E-state index in [4.69, 9.17) is 10.5 Å². The molecule has 100 valence electrons. The molecule has 0 spiro atoms. The van der Waals surface area contributed by atoms with E-state index in [1.54, 1.807) is 0 Å². The average Bonchev–Trinajstić information content (AvgIpc) is 2.38. The van der Waals surface area contributed by atoms with E-state index >= 15 is 0 Å². The third kappa shape index (κ3) is 3.37. The van der Waals surface area contributed by atoms with Crippen molar-refractivity contribution in [3.63, 3.8) is 0 Å². The molecule has 0 heterocycles. The van der Waals surface area contributed by atoms with Crippen LogP contribution in [0.2, 0.25) is 0 Å². The van der Waals surface area contributed by atoms with Crippen LogP contribution in [0.3, 0.4) is 0 Å². The van der Waals surface area contributed by atoms with Crippen molar-refractivity contribution in [2.45, 2.75) is 27.0 Å². The predicted molar refractivity (Wildman–Crippen MR) is 82.3 cm³/mol. The molecule has 0 aromatic heterocycles. The van der Waals surface area contributed by atoms with Gasteiger partial charge in [0.05, 0.1) is 0 Å². The number of hydrogen-bond acceptors (Lipinski definition) is 2. The minimum absolute atomic E-state index is 0.476. The van der Waals surface area contributed by atoms with Gasteiger partial charge in [-0.25, -0.2) is 0 Å². The second kappa shape index (κ2) is 6.22. The van der Waals surface area contributed by atoms with Crippen LogP contribution < -0.4 is 10.5 Å². The maximum absolute atomic E-state index is 5.98. The number of nitrogens with two attached hydrogens (primary N) is 1. The Bertz CT molecular complexity index is 581. The fourth-order valence-electron chi connectivity index (χ4n) is 2.08. The smallest absolute Gasteiger partial charge is 0.127 e. The van der Waals surface area contributed by atoms with E-state index in [1.165, 1.54) is 11.1 Å². The van der Waals surface area contributed by atoms with Crippen LogP contribution in [0.4, 0.5) is 0 Å². The highest BCUT2D eigenvalue weighted by Gasteiger charge is 2.08. The Morgan fingerprint density at radius 3 is 2.47 bits per heavy atom. The molecule has 0 aliphatic carbocycles. The number of benzene rings is 2. The Kier molecular flexibility index (Phi) is 4.61. The van der Waals surface area contributed by atoms with Crippen LogP contribution in [0.5, 0.6) is 5.75 Å². The van der Waals surface area contributed by atoms with Crippen molar-refractivity contribution >= 4 is 15.9 Å². The molecule has 2 N–H and O–H groups in total. The van der Waals surface area contributed by atoms with Crippen molar-refractivity contribution < 1.29 is 4.74 Å². The number of aryl methyl sites for hydroxylation is 2. The van der Waals surface area contributed by atoms with Crippen LogP contribution in [0.15, 0.2) is 40.9 Å². The number of hydrogen-bond donors (Lipinski definition) is 1. The number of rotatable bonds is 4. The first-order chi connectivity index (χ1) is 9.11. The summed E-state index contributed by atoms with van der Waals surface area (Å²) in [7, 11) is 0. The lowest BCUT2D eigenvalue weighted by molar-refractivity contribution is 0.300. The van der Waals surface area contributed by atoms with Crippen molar-refractivity contribution in [3.8, 4) is 5.75 Å². The van der Waals surface area contributed by atoms with Crippen LogP contribution in [0.25, 0.3) is 0 Å². The summed E-state index contributed by atoms with van der Waals surface area (Å²) in [5, 5.41) is 0. The third-order valence-corrected chi connectivity index (χ3v) is 3.63. The van der Waals surface area contributed by atoms with E-state index in [0.29, 0.717) is 13.2 Å². The number of ether oxygens (including phenoxy) is 1. The summed E-state index contributed by atoms with van der Waals surface area (Å²) >= 11 is 3.48. The molecular weight excluding hydrogens is 302 g/mol. The van der Waals surface area contributed by atoms with Gasteiger partial charge in [-0.15, -0.1) is 0 Å². The highest BCUT2D eigenvalue weighted by Crippen LogP contribution is 2.28. The zero-order valence-corrected chi connectivity index (χ0v) is 12.8. The van der Waals surface area contributed by atoms with Gasteiger partial charge in [-0.05, 0) is 42.7 Å². The van der Waals surface area contributed by atoms with Gasteiger partial charge in [0, 0.05) is 16.6 Å². The van der Waals surface area contributed by atoms with Crippen LogP contribution in [-0.4, -0.2) is 0 Å². The first kappa shape index (κ1) is 14.1. The summed E-state index contributed by atoms with van der Waals surface area (Å²) < 4.78 is 7.02. The quantitative estimate of drug-likeness (QED) is 0.920. The zero-order chi connectivity index (χ0) is 13.8. The molecule has 2 nitrogen and oxygen atoms in total. The second-order valence-electron chi connectivity index (χ2n) is 4.63. The average molecular weight is 320 g/mol. The minimum atomic E-state index is 0.476. The SMILES string of the molecule is Cc1ccccc1COc1c(C)cc(Br)cc1CN. The van der Waals surface area contributed by atoms with Gasteiger partial charge in [0.1, 0.15) is 12.4 Å². The van der Waals surface area contributed by atoms with Gasteiger partial charge in [-0.1, -0.05) is 40.2 Å². The predicted octanol–water partition coefficient (Wildman–Crippen LogP) is 4.10. The molecule has 0 radical (unpaired) electrons. The van der Waals surface area contributed by atoms with Gasteiger partial charge < -0.3 is 10.5 Å². The van der Waals surface area contributed by atoms with Crippen LogP contribution in [0.1, 0.15) is 22.3 Å². The molecule has 0 saturated carbocycles. The lowest BCUT2D eigenvalue weighted by Gasteiger charge is -2.15. The van der Waals surface area contributed by atoms with Gasteiger partial charge in [0.2, 0.25) is 0 Å². The Morgan fingerprint density at radius 1 is 1.05 bits per heavy atom. The van der Waals surface area contributed by atoms with E-state index < -0.39 is 0 Å². The monoisotopic (exact) mass is 319 g/mol. The third-order valence-electron chi connectivity index (χ3n) is 3.17. The molecule has 0 amide bonds. The van der Waals surface area contributed by atoms with Crippen molar-refractivity contribution in [1.29, 1.82) is 0 Å². The van der Waals surface area contributed by atoms with Gasteiger partial charge in [-0.3, -0.25) is 0 Å². The molecule has 0 unspecified atom stereocenters. The molecule has 0 bridgehead atoms. The maximum Gasteiger partial charge on any atom is 0.127 e. The molecule has 0 aliphatic rings. The zero-order valence-electron chi connectivity index (χ0n) is 11.2. The highest BCUT2D eigenvalue weighted by atomic mass is 79.9. The van der Waals surface area contributed by atoms with E-state index in [1.807, 2.05) is 31.2 Å². The second-order valence-corrected chi connectivity index (χ2v) is 5.55. The van der Waals surface area contributed by atoms with E-state index in [2.05, 4.69) is 35.0 Å². The largest absolute Gasteiger partial charge is 0.488 e. The van der Waals surface area contributed by atoms with Crippen LogP contribution >= 0.6 is 15.9 Å². The molecule has 3 heteroatoms. The van der Waals surface area contributed by atoms with E-state index in [-0.39, 0.29) is 0 Å². The Morgan fingerprint density at radius 2 is 1.79 bits per heavy atom. The molecule has 2 rings (SSSR count). The Hall–Kier alpha value is -1.32. The normalized spacial score (nSPS) is 10.5. The Labute approximate surface area is 122 Å². The van der Waals surface area contributed by atoms with E-state index in [0.717, 1.165) is 21.3 Å². The summed E-state index contributed by atoms with van der Waals surface area (Å²) in [5.74, 6) is 0.897. The van der Waals surface area contributed by atoms with Gasteiger partial charge in [0.25, 0.3) is 0 Å². The molecule has 0 atom stereocenters. The van der Waals surface area contributed by atoms with Crippen LogP contribution in [-0.2, 0) is 13.2 Å². The summed E-state index contributed by atoms with van der Waals surface area (Å²) in [4.78, 5) is 0. The lowest BCUT2D eigenvalue weighted by Crippen LogP contribution is -2.05. The first-order valence-corrected chi connectivity index (χ1v) is 7.07. The van der Waals surface area contributed by atoms with Gasteiger partial charge in [-0.2, -0.15) is 0 Å². The Balaban J connectivity index is 2.22. The van der Waals surface area contributed by atoms with Gasteiger partial charge >= 0.3 is 0 Å². The van der Waals surface area contributed by atoms with Crippen molar-refractivity contribution in [2.75, 3.05) is 0 Å². The topological polar surface area (TPSA) is 35.2 Å². The number of halogens is 1. The molecule has 0 aliphatic heterocycles. The lowest BCUT2D eigenvalue weighted by atomic mass is 10.1. The molecular formula is C16H18BrNO. The fourth-order valence-corrected chi connectivity index (χ4v) is 2.70. The fraction of sp³-hybridized carbons (Fsp3) is 0.250. The maximum atomic E-state index is 5.98.